The van der Waals surface area contributed by atoms with Gasteiger partial charge in [0.05, 0.1) is 13.7 Å². The Morgan fingerprint density at radius 3 is 2.30 bits per heavy atom. The van der Waals surface area contributed by atoms with Gasteiger partial charge in [-0.1, -0.05) is 18.2 Å². The Hall–Kier alpha value is -2.74. The molecule has 1 aliphatic carbocycles. The van der Waals surface area contributed by atoms with Gasteiger partial charge in [0.15, 0.2) is 0 Å². The van der Waals surface area contributed by atoms with E-state index in [-0.39, 0.29) is 34.8 Å². The van der Waals surface area contributed by atoms with Crippen molar-refractivity contribution in [2.45, 2.75) is 56.6 Å². The summed E-state index contributed by atoms with van der Waals surface area (Å²) >= 11 is 0. The lowest BCUT2D eigenvalue weighted by Gasteiger charge is -2.29. The Bertz CT molecular complexity index is 993. The van der Waals surface area contributed by atoms with E-state index < -0.39 is 10.1 Å². The molecule has 0 bridgehead atoms. The number of carbonyl (C=O) groups excluding carboxylic acids is 1. The smallest absolute Gasteiger partial charge is 0.339 e. The summed E-state index contributed by atoms with van der Waals surface area (Å²) < 4.78 is 36.0. The number of rotatable bonds is 7. The Balaban J connectivity index is 1.82. The molecule has 2 aromatic carbocycles. The number of methoxy groups -OCH3 is 1. The molecule has 3 rings (SSSR count). The van der Waals surface area contributed by atoms with Crippen molar-refractivity contribution in [1.29, 1.82) is 0 Å². The molecule has 0 aromatic heterocycles. The number of para-hydroxylation sites is 1. The molecule has 162 valence electrons. The van der Waals surface area contributed by atoms with Crippen molar-refractivity contribution in [1.82, 2.24) is 10.2 Å². The van der Waals surface area contributed by atoms with Crippen LogP contribution in [-0.4, -0.2) is 38.0 Å². The maximum atomic E-state index is 12.8. The van der Waals surface area contributed by atoms with Gasteiger partial charge in [-0.25, -0.2) is 4.79 Å². The number of ether oxygens (including phenoxy) is 1. The van der Waals surface area contributed by atoms with E-state index in [1.807, 2.05) is 20.8 Å². The highest BCUT2D eigenvalue weighted by molar-refractivity contribution is 7.87. The van der Waals surface area contributed by atoms with E-state index in [9.17, 15) is 13.2 Å². The van der Waals surface area contributed by atoms with E-state index in [0.717, 1.165) is 12.8 Å². The fourth-order valence-corrected chi connectivity index (χ4v) is 3.92. The maximum Gasteiger partial charge on any atom is 0.339 e. The lowest BCUT2D eigenvalue weighted by Crippen LogP contribution is -2.49. The third-order valence-corrected chi connectivity index (χ3v) is 5.84. The summed E-state index contributed by atoms with van der Waals surface area (Å²) in [4.78, 5) is 14.5. The minimum Gasteiger partial charge on any atom is -0.497 e. The van der Waals surface area contributed by atoms with Crippen molar-refractivity contribution in [2.75, 3.05) is 7.11 Å². The number of benzene rings is 2. The summed E-state index contributed by atoms with van der Waals surface area (Å²) in [6.07, 6.45) is 1.87. The molecule has 0 aliphatic heterocycles. The number of nitrogens with one attached hydrogen (secondary N) is 1. The molecule has 0 spiro atoms. The standard InChI is InChI=1S/C22H28N2O5S/c1-22(2,3)23-21(25)24(17-9-10-17)15-16-7-5-6-8-20(16)29-30(26,27)19-13-11-18(28-4)12-14-19/h5-8,11-14,17H,9-10,15H2,1-4H3,(H,23,25). The fraction of sp³-hybridized carbons (Fsp3) is 0.409. The number of amides is 2. The van der Waals surface area contributed by atoms with Gasteiger partial charge >= 0.3 is 16.1 Å². The summed E-state index contributed by atoms with van der Waals surface area (Å²) in [6.45, 7) is 6.04. The van der Waals surface area contributed by atoms with E-state index in [2.05, 4.69) is 5.32 Å². The highest BCUT2D eigenvalue weighted by atomic mass is 32.2. The van der Waals surface area contributed by atoms with Crippen LogP contribution in [0.5, 0.6) is 11.5 Å². The summed E-state index contributed by atoms with van der Waals surface area (Å²) in [5.41, 5.74) is 0.267. The molecule has 0 radical (unpaired) electrons. The molecule has 0 saturated heterocycles. The maximum absolute atomic E-state index is 12.8. The topological polar surface area (TPSA) is 84.9 Å². The molecule has 0 unspecified atom stereocenters. The molecular formula is C22H28N2O5S. The van der Waals surface area contributed by atoms with Gasteiger partial charge in [-0.15, -0.1) is 0 Å². The average molecular weight is 433 g/mol. The zero-order chi connectivity index (χ0) is 21.9. The SMILES string of the molecule is COc1ccc(S(=O)(=O)Oc2ccccc2CN(C(=O)NC(C)(C)C)C2CC2)cc1. The zero-order valence-electron chi connectivity index (χ0n) is 17.7. The van der Waals surface area contributed by atoms with Crippen LogP contribution in [0.3, 0.4) is 0 Å². The first kappa shape index (κ1) is 22.0. The quantitative estimate of drug-likeness (QED) is 0.670. The first-order valence-corrected chi connectivity index (χ1v) is 11.2. The monoisotopic (exact) mass is 432 g/mol. The van der Waals surface area contributed by atoms with Crippen molar-refractivity contribution in [2.24, 2.45) is 0 Å². The third-order valence-electron chi connectivity index (χ3n) is 4.59. The molecule has 8 heteroatoms. The summed E-state index contributed by atoms with van der Waals surface area (Å²) in [5.74, 6) is 0.766. The molecule has 1 saturated carbocycles. The van der Waals surface area contributed by atoms with Crippen molar-refractivity contribution < 1.29 is 22.1 Å². The first-order chi connectivity index (χ1) is 14.1. The Kier molecular flexibility index (Phi) is 6.26. The number of nitrogens with zero attached hydrogens (tertiary/aromatic N) is 1. The normalized spacial score (nSPS) is 14.1. The van der Waals surface area contributed by atoms with Crippen LogP contribution in [0, 0.1) is 0 Å². The van der Waals surface area contributed by atoms with Crippen molar-refractivity contribution in [3.05, 3.63) is 54.1 Å². The van der Waals surface area contributed by atoms with E-state index in [1.165, 1.54) is 19.2 Å². The third kappa shape index (κ3) is 5.66. The van der Waals surface area contributed by atoms with Gasteiger partial charge in [0.2, 0.25) is 0 Å². The van der Waals surface area contributed by atoms with Crippen LogP contribution < -0.4 is 14.2 Å². The van der Waals surface area contributed by atoms with Gasteiger partial charge in [0.1, 0.15) is 16.4 Å². The molecular weight excluding hydrogens is 404 g/mol. The Morgan fingerprint density at radius 2 is 1.73 bits per heavy atom. The zero-order valence-corrected chi connectivity index (χ0v) is 18.5. The summed E-state index contributed by atoms with van der Waals surface area (Å²) in [7, 11) is -2.51. The van der Waals surface area contributed by atoms with Gasteiger partial charge < -0.3 is 19.1 Å². The van der Waals surface area contributed by atoms with Gasteiger partial charge in [0, 0.05) is 17.1 Å². The van der Waals surface area contributed by atoms with Crippen LogP contribution >= 0.6 is 0 Å². The number of hydrogen-bond donors (Lipinski definition) is 1. The molecule has 2 aromatic rings. The lowest BCUT2D eigenvalue weighted by molar-refractivity contribution is 0.182. The Morgan fingerprint density at radius 1 is 1.10 bits per heavy atom. The number of carbonyl (C=O) groups is 1. The second-order valence-electron chi connectivity index (χ2n) is 8.36. The number of urea groups is 1. The fourth-order valence-electron chi connectivity index (χ4n) is 2.95. The van der Waals surface area contributed by atoms with E-state index in [0.29, 0.717) is 11.3 Å². The largest absolute Gasteiger partial charge is 0.497 e. The lowest BCUT2D eigenvalue weighted by atomic mass is 10.1. The van der Waals surface area contributed by atoms with Crippen LogP contribution in [0.25, 0.3) is 0 Å². The molecule has 0 heterocycles. The van der Waals surface area contributed by atoms with E-state index in [4.69, 9.17) is 8.92 Å². The first-order valence-electron chi connectivity index (χ1n) is 9.84. The van der Waals surface area contributed by atoms with E-state index >= 15 is 0 Å². The molecule has 2 amide bonds. The van der Waals surface area contributed by atoms with Crippen LogP contribution in [-0.2, 0) is 16.7 Å². The average Bonchev–Trinajstić information content (AvgIpc) is 3.50. The predicted octanol–water partition coefficient (Wildman–Crippen LogP) is 3.94. The van der Waals surface area contributed by atoms with Crippen LogP contribution in [0.15, 0.2) is 53.4 Å². The van der Waals surface area contributed by atoms with Crippen LogP contribution in [0.1, 0.15) is 39.2 Å². The Labute approximate surface area is 178 Å². The van der Waals surface area contributed by atoms with E-state index in [1.54, 1.807) is 41.3 Å². The molecule has 1 aliphatic rings. The van der Waals surface area contributed by atoms with Crippen molar-refractivity contribution in [3.8, 4) is 11.5 Å². The predicted molar refractivity (Wildman–Crippen MR) is 114 cm³/mol. The molecule has 7 nitrogen and oxygen atoms in total. The minimum absolute atomic E-state index is 0.0302. The molecule has 0 atom stereocenters. The second kappa shape index (κ2) is 8.55. The van der Waals surface area contributed by atoms with Gasteiger partial charge in [-0.3, -0.25) is 0 Å². The highest BCUT2D eigenvalue weighted by Crippen LogP contribution is 2.31. The van der Waals surface area contributed by atoms with Crippen molar-refractivity contribution >= 4 is 16.1 Å². The molecule has 30 heavy (non-hydrogen) atoms. The van der Waals surface area contributed by atoms with Gasteiger partial charge in [0.25, 0.3) is 0 Å². The molecule has 1 N–H and O–H groups in total. The number of hydrogen-bond acceptors (Lipinski definition) is 5. The van der Waals surface area contributed by atoms with Crippen molar-refractivity contribution in [3.63, 3.8) is 0 Å². The van der Waals surface area contributed by atoms with Crippen LogP contribution in [0.2, 0.25) is 0 Å². The summed E-state index contributed by atoms with van der Waals surface area (Å²) in [6, 6.07) is 12.9. The summed E-state index contributed by atoms with van der Waals surface area (Å²) in [5, 5.41) is 2.98. The van der Waals surface area contributed by atoms with Crippen LogP contribution in [0.4, 0.5) is 4.79 Å². The second-order valence-corrected chi connectivity index (χ2v) is 9.91. The minimum atomic E-state index is -4.02. The molecule has 1 fully saturated rings. The van der Waals surface area contributed by atoms with Gasteiger partial charge in [-0.2, -0.15) is 8.42 Å². The highest BCUT2D eigenvalue weighted by Gasteiger charge is 2.34. The van der Waals surface area contributed by atoms with Gasteiger partial charge in [-0.05, 0) is 63.9 Å².